The summed E-state index contributed by atoms with van der Waals surface area (Å²) in [5.74, 6) is 0.806. The molecule has 9 nitrogen and oxygen atoms in total. The lowest BCUT2D eigenvalue weighted by atomic mass is 10.0. The van der Waals surface area contributed by atoms with Crippen molar-refractivity contribution in [2.75, 3.05) is 19.7 Å². The van der Waals surface area contributed by atoms with Crippen LogP contribution in [-0.2, 0) is 4.74 Å². The number of likely N-dealkylation sites (tertiary alicyclic amines) is 1. The molecule has 0 unspecified atom stereocenters. The Labute approximate surface area is 195 Å². The number of hydrogen-bond donors (Lipinski definition) is 0. The lowest BCUT2D eigenvalue weighted by Crippen LogP contribution is -2.49. The monoisotopic (exact) mass is 458 g/mol. The predicted octanol–water partition coefficient (Wildman–Crippen LogP) is 4.26. The van der Waals surface area contributed by atoms with Gasteiger partial charge < -0.3 is 18.8 Å². The third-order valence-corrected chi connectivity index (χ3v) is 6.01. The topological polar surface area (TPSA) is 110 Å². The standard InChI is InChI=1S/C25H22N4O5/c1-4-32-25(31)22-15(3)33-20-6-5-17(9-18(20)22)34-21-7-8-27-29-13-19(14(2)23(21)29)24(30)28-11-16(10-26)12-28/h5-9,13,16H,4,11-12H2,1-3H3. The Morgan fingerprint density at radius 1 is 1.26 bits per heavy atom. The summed E-state index contributed by atoms with van der Waals surface area (Å²) in [6.45, 7) is 6.45. The minimum atomic E-state index is -0.447. The van der Waals surface area contributed by atoms with Gasteiger partial charge in [-0.05, 0) is 44.5 Å². The van der Waals surface area contributed by atoms with E-state index in [4.69, 9.17) is 19.2 Å². The van der Waals surface area contributed by atoms with Crippen molar-refractivity contribution in [1.82, 2.24) is 14.5 Å². The van der Waals surface area contributed by atoms with Gasteiger partial charge in [-0.2, -0.15) is 10.4 Å². The second-order valence-electron chi connectivity index (χ2n) is 8.21. The van der Waals surface area contributed by atoms with E-state index in [0.717, 1.165) is 5.56 Å². The first-order valence-corrected chi connectivity index (χ1v) is 10.9. The second-order valence-corrected chi connectivity index (χ2v) is 8.21. The van der Waals surface area contributed by atoms with Gasteiger partial charge in [-0.25, -0.2) is 9.31 Å². The van der Waals surface area contributed by atoms with Crippen molar-refractivity contribution in [2.45, 2.75) is 20.8 Å². The van der Waals surface area contributed by atoms with Gasteiger partial charge in [0.25, 0.3) is 5.91 Å². The highest BCUT2D eigenvalue weighted by atomic mass is 16.5. The smallest absolute Gasteiger partial charge is 0.342 e. The number of nitrogens with zero attached hydrogens (tertiary/aromatic N) is 4. The number of carbonyl (C=O) groups is 2. The van der Waals surface area contributed by atoms with Gasteiger partial charge in [0.1, 0.15) is 28.2 Å². The first-order chi connectivity index (χ1) is 16.4. The number of benzene rings is 1. The third-order valence-electron chi connectivity index (χ3n) is 6.01. The summed E-state index contributed by atoms with van der Waals surface area (Å²) in [5, 5.41) is 13.9. The molecular weight excluding hydrogens is 436 g/mol. The van der Waals surface area contributed by atoms with E-state index >= 15 is 0 Å². The number of esters is 1. The maximum Gasteiger partial charge on any atom is 0.342 e. The number of ether oxygens (including phenoxy) is 2. The van der Waals surface area contributed by atoms with Gasteiger partial charge in [0, 0.05) is 30.7 Å². The number of amides is 1. The Bertz CT molecular complexity index is 1490. The first kappa shape index (κ1) is 21.5. The summed E-state index contributed by atoms with van der Waals surface area (Å²) >= 11 is 0. The van der Waals surface area contributed by atoms with Gasteiger partial charge in [-0.3, -0.25) is 4.79 Å². The zero-order valence-electron chi connectivity index (χ0n) is 19.0. The van der Waals surface area contributed by atoms with Gasteiger partial charge >= 0.3 is 5.97 Å². The van der Waals surface area contributed by atoms with Gasteiger partial charge in [0.05, 0.1) is 30.4 Å². The zero-order valence-corrected chi connectivity index (χ0v) is 19.0. The number of rotatable bonds is 5. The van der Waals surface area contributed by atoms with Crippen LogP contribution in [0.4, 0.5) is 0 Å². The number of hydrogen-bond acceptors (Lipinski definition) is 7. The molecule has 0 saturated carbocycles. The molecule has 0 N–H and O–H groups in total. The maximum absolute atomic E-state index is 12.9. The van der Waals surface area contributed by atoms with E-state index in [0.29, 0.717) is 58.0 Å². The number of aromatic nitrogens is 2. The van der Waals surface area contributed by atoms with Crippen molar-refractivity contribution < 1.29 is 23.5 Å². The Kier molecular flexibility index (Phi) is 5.21. The SMILES string of the molecule is CCOC(=O)c1c(C)oc2ccc(Oc3ccnn4cc(C(=O)N5CC(C#N)C5)c(C)c34)cc12. The molecule has 1 aliphatic heterocycles. The Hall–Kier alpha value is -4.32. The Morgan fingerprint density at radius 3 is 2.79 bits per heavy atom. The van der Waals surface area contributed by atoms with E-state index < -0.39 is 5.97 Å². The van der Waals surface area contributed by atoms with Crippen LogP contribution in [0.15, 0.2) is 41.1 Å². The van der Waals surface area contributed by atoms with Crippen molar-refractivity contribution >= 4 is 28.4 Å². The number of furan rings is 1. The molecule has 5 rings (SSSR count). The van der Waals surface area contributed by atoms with Gasteiger partial charge in [0.2, 0.25) is 0 Å². The lowest BCUT2D eigenvalue weighted by molar-refractivity contribution is 0.0525. The average Bonchev–Trinajstić information content (AvgIpc) is 3.29. The minimum absolute atomic E-state index is 0.112. The summed E-state index contributed by atoms with van der Waals surface area (Å²) in [6, 6.07) is 9.14. The van der Waals surface area contributed by atoms with E-state index in [1.54, 1.807) is 59.9 Å². The van der Waals surface area contributed by atoms with Crippen molar-refractivity contribution in [3.63, 3.8) is 0 Å². The maximum atomic E-state index is 12.9. The number of aryl methyl sites for hydroxylation is 2. The Morgan fingerprint density at radius 2 is 2.06 bits per heavy atom. The van der Waals surface area contributed by atoms with Crippen LogP contribution in [0.2, 0.25) is 0 Å². The van der Waals surface area contributed by atoms with E-state index in [-0.39, 0.29) is 18.4 Å². The lowest BCUT2D eigenvalue weighted by Gasteiger charge is -2.35. The molecule has 9 heteroatoms. The quantitative estimate of drug-likeness (QED) is 0.411. The van der Waals surface area contributed by atoms with Gasteiger partial charge in [-0.15, -0.1) is 0 Å². The van der Waals surface area contributed by atoms with Crippen LogP contribution in [0.1, 0.15) is 39.0 Å². The molecule has 3 aromatic heterocycles. The molecule has 34 heavy (non-hydrogen) atoms. The highest BCUT2D eigenvalue weighted by Crippen LogP contribution is 2.35. The molecule has 0 atom stereocenters. The number of fused-ring (bicyclic) bond motifs is 2. The number of nitriles is 1. The molecular formula is C25H22N4O5. The van der Waals surface area contributed by atoms with E-state index in [1.807, 2.05) is 6.92 Å². The molecule has 0 spiro atoms. The van der Waals surface area contributed by atoms with Crippen LogP contribution in [0.5, 0.6) is 11.5 Å². The normalized spacial score (nSPS) is 13.6. The summed E-state index contributed by atoms with van der Waals surface area (Å²) in [4.78, 5) is 27.0. The fourth-order valence-electron chi connectivity index (χ4n) is 4.26. The van der Waals surface area contributed by atoms with Crippen LogP contribution in [-0.4, -0.2) is 46.1 Å². The Balaban J connectivity index is 1.50. The molecule has 0 bridgehead atoms. The molecule has 1 aliphatic rings. The van der Waals surface area contributed by atoms with Crippen LogP contribution < -0.4 is 4.74 Å². The predicted molar refractivity (Wildman–Crippen MR) is 122 cm³/mol. The van der Waals surface area contributed by atoms with Gasteiger partial charge in [0.15, 0.2) is 5.75 Å². The average molecular weight is 458 g/mol. The molecule has 1 saturated heterocycles. The fourth-order valence-corrected chi connectivity index (χ4v) is 4.26. The highest BCUT2D eigenvalue weighted by molar-refractivity contribution is 6.05. The number of carbonyl (C=O) groups excluding carboxylic acids is 2. The molecule has 1 amide bonds. The molecule has 0 radical (unpaired) electrons. The summed E-state index contributed by atoms with van der Waals surface area (Å²) in [6.07, 6.45) is 3.27. The second kappa shape index (κ2) is 8.23. The van der Waals surface area contributed by atoms with E-state index in [9.17, 15) is 9.59 Å². The van der Waals surface area contributed by atoms with Crippen molar-refractivity contribution in [1.29, 1.82) is 5.26 Å². The van der Waals surface area contributed by atoms with Gasteiger partial charge in [-0.1, -0.05) is 0 Å². The van der Waals surface area contributed by atoms with Crippen molar-refractivity contribution in [2.24, 2.45) is 5.92 Å². The largest absolute Gasteiger partial charge is 0.462 e. The highest BCUT2D eigenvalue weighted by Gasteiger charge is 2.33. The zero-order chi connectivity index (χ0) is 24.0. The first-order valence-electron chi connectivity index (χ1n) is 10.9. The van der Waals surface area contributed by atoms with Crippen LogP contribution in [0, 0.1) is 31.1 Å². The summed E-state index contributed by atoms with van der Waals surface area (Å²) in [5.41, 5.74) is 2.85. The minimum Gasteiger partial charge on any atom is -0.462 e. The molecule has 4 heterocycles. The van der Waals surface area contributed by atoms with Crippen molar-refractivity contribution in [3.8, 4) is 17.6 Å². The van der Waals surface area contributed by atoms with Crippen molar-refractivity contribution in [3.05, 3.63) is 59.1 Å². The molecule has 4 aromatic rings. The summed E-state index contributed by atoms with van der Waals surface area (Å²) < 4.78 is 18.7. The molecule has 172 valence electrons. The molecule has 1 aromatic carbocycles. The van der Waals surface area contributed by atoms with Crippen LogP contribution >= 0.6 is 0 Å². The molecule has 0 aliphatic carbocycles. The summed E-state index contributed by atoms with van der Waals surface area (Å²) in [7, 11) is 0. The third kappa shape index (κ3) is 3.44. The van der Waals surface area contributed by atoms with Crippen LogP contribution in [0.3, 0.4) is 0 Å². The van der Waals surface area contributed by atoms with Crippen LogP contribution in [0.25, 0.3) is 16.5 Å². The van der Waals surface area contributed by atoms with E-state index in [1.165, 1.54) is 0 Å². The van der Waals surface area contributed by atoms with E-state index in [2.05, 4.69) is 11.2 Å². The molecule has 1 fully saturated rings. The fraction of sp³-hybridized carbons (Fsp3) is 0.280.